The number of hydrogen-bond donors (Lipinski definition) is 2. The van der Waals surface area contributed by atoms with E-state index in [2.05, 4.69) is 33.5 Å². The molecule has 21 heavy (non-hydrogen) atoms. The van der Waals surface area contributed by atoms with Crippen LogP contribution in [0.3, 0.4) is 0 Å². The molecule has 3 aromatic rings. The van der Waals surface area contributed by atoms with Crippen LogP contribution in [0.5, 0.6) is 0 Å². The molecule has 0 aromatic carbocycles. The summed E-state index contributed by atoms with van der Waals surface area (Å²) in [5.41, 5.74) is 0.902. The SMILES string of the molecule is Cc1ccc(-c2cc(NC(=O)[C@@H](C)n3ccnc3)n[nH]2)s1. The fraction of sp³-hybridized carbons (Fsp3) is 0.214. The number of aromatic nitrogens is 4. The molecule has 0 aliphatic carbocycles. The minimum Gasteiger partial charge on any atom is -0.325 e. The van der Waals surface area contributed by atoms with Crippen LogP contribution < -0.4 is 5.32 Å². The molecule has 2 N–H and O–H groups in total. The highest BCUT2D eigenvalue weighted by Gasteiger charge is 2.16. The number of nitrogens with zero attached hydrogens (tertiary/aromatic N) is 3. The maximum absolute atomic E-state index is 12.1. The maximum atomic E-state index is 12.1. The Balaban J connectivity index is 1.71. The van der Waals surface area contributed by atoms with E-state index in [1.807, 2.05) is 19.1 Å². The van der Waals surface area contributed by atoms with Crippen molar-refractivity contribution < 1.29 is 4.79 Å². The average molecular weight is 301 g/mol. The van der Waals surface area contributed by atoms with E-state index in [1.165, 1.54) is 4.88 Å². The Kier molecular flexibility index (Phi) is 3.57. The Morgan fingerprint density at radius 1 is 1.48 bits per heavy atom. The molecule has 0 saturated carbocycles. The molecule has 3 aromatic heterocycles. The molecule has 1 amide bonds. The Hall–Kier alpha value is -2.41. The lowest BCUT2D eigenvalue weighted by molar-refractivity contribution is -0.118. The first-order valence-corrected chi connectivity index (χ1v) is 7.35. The third kappa shape index (κ3) is 2.87. The second kappa shape index (κ2) is 5.53. The van der Waals surface area contributed by atoms with Crippen molar-refractivity contribution in [1.29, 1.82) is 0 Å². The molecule has 0 aliphatic rings. The zero-order valence-electron chi connectivity index (χ0n) is 11.7. The van der Waals surface area contributed by atoms with Crippen molar-refractivity contribution >= 4 is 23.1 Å². The highest BCUT2D eigenvalue weighted by atomic mass is 32.1. The third-order valence-electron chi connectivity index (χ3n) is 3.19. The standard InChI is InChI=1S/C14H15N5OS/c1-9-3-4-12(21-9)11-7-13(18-17-11)16-14(20)10(2)19-6-5-15-8-19/h3-8,10H,1-2H3,(H2,16,17,18,20)/t10-/m1/s1. The predicted molar refractivity (Wildman–Crippen MR) is 82.2 cm³/mol. The fourth-order valence-electron chi connectivity index (χ4n) is 1.96. The van der Waals surface area contributed by atoms with Crippen LogP contribution in [-0.4, -0.2) is 25.7 Å². The number of amides is 1. The molecule has 6 nitrogen and oxygen atoms in total. The van der Waals surface area contributed by atoms with Crippen LogP contribution in [-0.2, 0) is 4.79 Å². The zero-order chi connectivity index (χ0) is 14.8. The van der Waals surface area contributed by atoms with Crippen LogP contribution in [0.4, 0.5) is 5.82 Å². The van der Waals surface area contributed by atoms with Gasteiger partial charge in [0.2, 0.25) is 5.91 Å². The lowest BCUT2D eigenvalue weighted by atomic mass is 10.3. The van der Waals surface area contributed by atoms with E-state index < -0.39 is 0 Å². The second-order valence-electron chi connectivity index (χ2n) is 4.75. The monoisotopic (exact) mass is 301 g/mol. The summed E-state index contributed by atoms with van der Waals surface area (Å²) in [7, 11) is 0. The van der Waals surface area contributed by atoms with Crippen molar-refractivity contribution in [2.24, 2.45) is 0 Å². The number of carbonyl (C=O) groups is 1. The molecule has 7 heteroatoms. The number of H-pyrrole nitrogens is 1. The molecular formula is C14H15N5OS. The topological polar surface area (TPSA) is 75.6 Å². The number of nitrogens with one attached hydrogen (secondary N) is 2. The lowest BCUT2D eigenvalue weighted by Gasteiger charge is -2.11. The number of hydrogen-bond acceptors (Lipinski definition) is 4. The van der Waals surface area contributed by atoms with E-state index in [9.17, 15) is 4.79 Å². The lowest BCUT2D eigenvalue weighted by Crippen LogP contribution is -2.23. The van der Waals surface area contributed by atoms with Gasteiger partial charge in [0.25, 0.3) is 0 Å². The quantitative estimate of drug-likeness (QED) is 0.778. The molecule has 0 radical (unpaired) electrons. The molecule has 0 bridgehead atoms. The highest BCUT2D eigenvalue weighted by Crippen LogP contribution is 2.27. The Morgan fingerprint density at radius 3 is 3.00 bits per heavy atom. The predicted octanol–water partition coefficient (Wildman–Crippen LogP) is 2.84. The van der Waals surface area contributed by atoms with Crippen LogP contribution in [0.15, 0.2) is 36.9 Å². The van der Waals surface area contributed by atoms with E-state index in [-0.39, 0.29) is 11.9 Å². The van der Waals surface area contributed by atoms with Crippen LogP contribution in [0.2, 0.25) is 0 Å². The average Bonchev–Trinajstić information content (AvgIpc) is 3.17. The number of anilines is 1. The van der Waals surface area contributed by atoms with Gasteiger partial charge in [0.15, 0.2) is 5.82 Å². The Morgan fingerprint density at radius 2 is 2.33 bits per heavy atom. The largest absolute Gasteiger partial charge is 0.325 e. The van der Waals surface area contributed by atoms with E-state index in [0.29, 0.717) is 5.82 Å². The molecule has 3 heterocycles. The fourth-order valence-corrected chi connectivity index (χ4v) is 2.79. The number of rotatable bonds is 4. The van der Waals surface area contributed by atoms with Crippen molar-refractivity contribution in [1.82, 2.24) is 19.7 Å². The van der Waals surface area contributed by atoms with Gasteiger partial charge in [-0.1, -0.05) is 0 Å². The third-order valence-corrected chi connectivity index (χ3v) is 4.22. The van der Waals surface area contributed by atoms with Gasteiger partial charge in [0.1, 0.15) is 6.04 Å². The first-order chi connectivity index (χ1) is 10.1. The van der Waals surface area contributed by atoms with Gasteiger partial charge in [-0.25, -0.2) is 4.98 Å². The zero-order valence-corrected chi connectivity index (χ0v) is 12.5. The summed E-state index contributed by atoms with van der Waals surface area (Å²) >= 11 is 1.68. The summed E-state index contributed by atoms with van der Waals surface area (Å²) < 4.78 is 1.74. The van der Waals surface area contributed by atoms with Gasteiger partial charge >= 0.3 is 0 Å². The van der Waals surface area contributed by atoms with Crippen molar-refractivity contribution in [3.05, 3.63) is 41.8 Å². The minimum absolute atomic E-state index is 0.131. The normalized spacial score (nSPS) is 12.3. The summed E-state index contributed by atoms with van der Waals surface area (Å²) in [4.78, 5) is 18.4. The molecule has 0 aliphatic heterocycles. The van der Waals surface area contributed by atoms with Gasteiger partial charge in [-0.3, -0.25) is 9.89 Å². The van der Waals surface area contributed by atoms with Crippen LogP contribution >= 0.6 is 11.3 Å². The molecule has 0 spiro atoms. The molecule has 1 atom stereocenters. The van der Waals surface area contributed by atoms with E-state index >= 15 is 0 Å². The molecule has 0 fully saturated rings. The van der Waals surface area contributed by atoms with Gasteiger partial charge in [-0.05, 0) is 26.0 Å². The number of aromatic amines is 1. The van der Waals surface area contributed by atoms with Crippen LogP contribution in [0.25, 0.3) is 10.6 Å². The van der Waals surface area contributed by atoms with Crippen LogP contribution in [0, 0.1) is 6.92 Å². The molecule has 0 saturated heterocycles. The summed E-state index contributed by atoms with van der Waals surface area (Å²) in [6.07, 6.45) is 5.03. The van der Waals surface area contributed by atoms with Crippen molar-refractivity contribution in [3.63, 3.8) is 0 Å². The van der Waals surface area contributed by atoms with E-state index in [4.69, 9.17) is 0 Å². The molecule has 108 valence electrons. The van der Waals surface area contributed by atoms with E-state index in [1.54, 1.807) is 34.6 Å². The summed E-state index contributed by atoms with van der Waals surface area (Å²) in [6.45, 7) is 3.87. The van der Waals surface area contributed by atoms with Crippen molar-refractivity contribution in [2.45, 2.75) is 19.9 Å². The van der Waals surface area contributed by atoms with Crippen molar-refractivity contribution in [3.8, 4) is 10.6 Å². The first-order valence-electron chi connectivity index (χ1n) is 6.54. The maximum Gasteiger partial charge on any atom is 0.248 e. The van der Waals surface area contributed by atoms with Gasteiger partial charge in [-0.2, -0.15) is 5.10 Å². The van der Waals surface area contributed by atoms with Gasteiger partial charge in [0, 0.05) is 23.3 Å². The van der Waals surface area contributed by atoms with Gasteiger partial charge in [-0.15, -0.1) is 11.3 Å². The second-order valence-corrected chi connectivity index (χ2v) is 6.04. The molecule has 3 rings (SSSR count). The van der Waals surface area contributed by atoms with Crippen molar-refractivity contribution in [2.75, 3.05) is 5.32 Å². The first kappa shape index (κ1) is 13.6. The molecular weight excluding hydrogens is 286 g/mol. The van der Waals surface area contributed by atoms with E-state index in [0.717, 1.165) is 10.6 Å². The van der Waals surface area contributed by atoms with Crippen LogP contribution in [0.1, 0.15) is 17.8 Å². The number of imidazole rings is 1. The summed E-state index contributed by atoms with van der Waals surface area (Å²) in [5.74, 6) is 0.390. The highest BCUT2D eigenvalue weighted by molar-refractivity contribution is 7.15. The van der Waals surface area contributed by atoms with Gasteiger partial charge < -0.3 is 9.88 Å². The Labute approximate surface area is 125 Å². The smallest absolute Gasteiger partial charge is 0.248 e. The number of aryl methyl sites for hydroxylation is 1. The minimum atomic E-state index is -0.336. The Bertz CT molecular complexity index is 743. The summed E-state index contributed by atoms with van der Waals surface area (Å²) in [5, 5.41) is 9.87. The number of thiophene rings is 1. The van der Waals surface area contributed by atoms with Gasteiger partial charge in [0.05, 0.1) is 16.9 Å². The number of carbonyl (C=O) groups excluding carboxylic acids is 1. The summed E-state index contributed by atoms with van der Waals surface area (Å²) in [6, 6.07) is 5.59. The molecule has 0 unspecified atom stereocenters.